The van der Waals surface area contributed by atoms with Gasteiger partial charge in [-0.25, -0.2) is 0 Å². The maximum absolute atomic E-state index is 12.3. The molecule has 0 unspecified atom stereocenters. The Balaban J connectivity index is 1.58. The van der Waals surface area contributed by atoms with Gasteiger partial charge in [-0.15, -0.1) is 0 Å². The lowest BCUT2D eigenvalue weighted by molar-refractivity contribution is -0.131. The molecule has 0 radical (unpaired) electrons. The predicted molar refractivity (Wildman–Crippen MR) is 84.8 cm³/mol. The molecule has 21 heavy (non-hydrogen) atoms. The van der Waals surface area contributed by atoms with Crippen molar-refractivity contribution in [1.29, 1.82) is 0 Å². The maximum atomic E-state index is 12.3. The zero-order valence-corrected chi connectivity index (χ0v) is 13.0. The molecule has 1 aromatic rings. The van der Waals surface area contributed by atoms with Crippen LogP contribution in [0.1, 0.15) is 51.0 Å². The van der Waals surface area contributed by atoms with Crippen molar-refractivity contribution in [2.24, 2.45) is 5.41 Å². The van der Waals surface area contributed by atoms with Crippen LogP contribution in [-0.2, 0) is 11.3 Å². The lowest BCUT2D eigenvalue weighted by Gasteiger charge is -2.26. The zero-order valence-electron chi connectivity index (χ0n) is 13.0. The van der Waals surface area contributed by atoms with E-state index in [0.29, 0.717) is 0 Å². The van der Waals surface area contributed by atoms with E-state index in [2.05, 4.69) is 28.6 Å². The first-order chi connectivity index (χ1) is 10.3. The second kappa shape index (κ2) is 8.13. The molecule has 0 bridgehead atoms. The van der Waals surface area contributed by atoms with Crippen molar-refractivity contribution in [2.45, 2.75) is 52.0 Å². The summed E-state index contributed by atoms with van der Waals surface area (Å²) in [6.07, 6.45) is 10.1. The molecule has 0 aromatic carbocycles. The molecule has 1 aliphatic rings. The fraction of sp³-hybridized carbons (Fsp3) is 0.647. The standard InChI is InChI=1S/C17H27N3O/c1-2-17(8-3-4-9-17)16(21)20-12-6-11-19-14-15-7-5-10-18-13-15/h5,7,10,13,19H,2-4,6,8-9,11-12,14H2,1H3,(H,20,21). The van der Waals surface area contributed by atoms with Crippen molar-refractivity contribution < 1.29 is 4.79 Å². The van der Waals surface area contributed by atoms with E-state index in [1.165, 1.54) is 18.4 Å². The Hall–Kier alpha value is -1.42. The van der Waals surface area contributed by atoms with Gasteiger partial charge in [0.1, 0.15) is 0 Å². The highest BCUT2D eigenvalue weighted by Gasteiger charge is 2.38. The average Bonchev–Trinajstić information content (AvgIpc) is 3.02. The number of carbonyl (C=O) groups excluding carboxylic acids is 1. The Morgan fingerprint density at radius 1 is 1.33 bits per heavy atom. The monoisotopic (exact) mass is 289 g/mol. The minimum Gasteiger partial charge on any atom is -0.356 e. The molecule has 1 aliphatic carbocycles. The number of carbonyl (C=O) groups is 1. The number of nitrogens with zero attached hydrogens (tertiary/aromatic N) is 1. The number of rotatable bonds is 8. The summed E-state index contributed by atoms with van der Waals surface area (Å²) in [6.45, 7) is 4.65. The summed E-state index contributed by atoms with van der Waals surface area (Å²) in [5, 5.41) is 6.50. The van der Waals surface area contributed by atoms with Gasteiger partial charge in [-0.3, -0.25) is 9.78 Å². The van der Waals surface area contributed by atoms with Crippen LogP contribution in [0.3, 0.4) is 0 Å². The average molecular weight is 289 g/mol. The van der Waals surface area contributed by atoms with Gasteiger partial charge in [-0.1, -0.05) is 25.8 Å². The number of aromatic nitrogens is 1. The topological polar surface area (TPSA) is 54.0 Å². The normalized spacial score (nSPS) is 16.8. The van der Waals surface area contributed by atoms with Crippen molar-refractivity contribution in [3.63, 3.8) is 0 Å². The van der Waals surface area contributed by atoms with Gasteiger partial charge in [-0.05, 0) is 43.9 Å². The smallest absolute Gasteiger partial charge is 0.226 e. The van der Waals surface area contributed by atoms with Gasteiger partial charge < -0.3 is 10.6 Å². The van der Waals surface area contributed by atoms with Gasteiger partial charge in [-0.2, -0.15) is 0 Å². The molecule has 0 aliphatic heterocycles. The highest BCUT2D eigenvalue weighted by Crippen LogP contribution is 2.40. The van der Waals surface area contributed by atoms with Crippen molar-refractivity contribution in [3.8, 4) is 0 Å². The Kier molecular flexibility index (Phi) is 6.18. The van der Waals surface area contributed by atoms with Crippen LogP contribution in [-0.4, -0.2) is 24.0 Å². The van der Waals surface area contributed by atoms with E-state index in [1.807, 2.05) is 12.3 Å². The first-order valence-electron chi connectivity index (χ1n) is 8.15. The molecule has 1 aromatic heterocycles. The van der Waals surface area contributed by atoms with Gasteiger partial charge >= 0.3 is 0 Å². The van der Waals surface area contributed by atoms with Crippen LogP contribution in [0.2, 0.25) is 0 Å². The van der Waals surface area contributed by atoms with Crippen LogP contribution in [0.25, 0.3) is 0 Å². The number of hydrogen-bond acceptors (Lipinski definition) is 3. The Labute approximate surface area is 127 Å². The SMILES string of the molecule is CCC1(C(=O)NCCCNCc2cccnc2)CCCC1. The zero-order chi connectivity index (χ0) is 15.0. The molecule has 0 saturated heterocycles. The summed E-state index contributed by atoms with van der Waals surface area (Å²) in [7, 11) is 0. The molecular formula is C17H27N3O. The molecule has 0 spiro atoms. The second-order valence-electron chi connectivity index (χ2n) is 5.99. The van der Waals surface area contributed by atoms with Gasteiger partial charge in [0.15, 0.2) is 0 Å². The first-order valence-corrected chi connectivity index (χ1v) is 8.15. The Bertz CT molecular complexity index is 427. The highest BCUT2D eigenvalue weighted by molar-refractivity contribution is 5.82. The number of pyridine rings is 1. The molecule has 1 heterocycles. The van der Waals surface area contributed by atoms with Crippen LogP contribution in [0.5, 0.6) is 0 Å². The molecule has 1 saturated carbocycles. The van der Waals surface area contributed by atoms with E-state index in [1.54, 1.807) is 6.20 Å². The predicted octanol–water partition coefficient (Wildman–Crippen LogP) is 2.65. The van der Waals surface area contributed by atoms with Crippen molar-refractivity contribution >= 4 is 5.91 Å². The summed E-state index contributed by atoms with van der Waals surface area (Å²) in [5.74, 6) is 0.273. The first kappa shape index (κ1) is 16.0. The van der Waals surface area contributed by atoms with Crippen molar-refractivity contribution in [2.75, 3.05) is 13.1 Å². The molecule has 2 N–H and O–H groups in total. The summed E-state index contributed by atoms with van der Waals surface area (Å²) in [5.41, 5.74) is 1.13. The van der Waals surface area contributed by atoms with Crippen molar-refractivity contribution in [3.05, 3.63) is 30.1 Å². The highest BCUT2D eigenvalue weighted by atomic mass is 16.2. The molecule has 0 atom stereocenters. The molecule has 1 amide bonds. The molecule has 4 nitrogen and oxygen atoms in total. The summed E-state index contributed by atoms with van der Waals surface area (Å²) in [4.78, 5) is 16.4. The third kappa shape index (κ3) is 4.53. The molecule has 116 valence electrons. The lowest BCUT2D eigenvalue weighted by atomic mass is 9.82. The largest absolute Gasteiger partial charge is 0.356 e. The maximum Gasteiger partial charge on any atom is 0.226 e. The molecular weight excluding hydrogens is 262 g/mol. The van der Waals surface area contributed by atoms with E-state index >= 15 is 0 Å². The fourth-order valence-corrected chi connectivity index (χ4v) is 3.13. The summed E-state index contributed by atoms with van der Waals surface area (Å²) < 4.78 is 0. The quantitative estimate of drug-likeness (QED) is 0.723. The second-order valence-corrected chi connectivity index (χ2v) is 5.99. The van der Waals surface area contributed by atoms with E-state index in [9.17, 15) is 4.79 Å². The number of hydrogen-bond donors (Lipinski definition) is 2. The Morgan fingerprint density at radius 3 is 2.81 bits per heavy atom. The van der Waals surface area contributed by atoms with E-state index in [0.717, 1.165) is 45.3 Å². The van der Waals surface area contributed by atoms with Crippen LogP contribution in [0.4, 0.5) is 0 Å². The lowest BCUT2D eigenvalue weighted by Crippen LogP contribution is -2.39. The minimum atomic E-state index is -0.0663. The number of nitrogens with one attached hydrogen (secondary N) is 2. The molecule has 2 rings (SSSR count). The minimum absolute atomic E-state index is 0.0663. The third-order valence-electron chi connectivity index (χ3n) is 4.59. The van der Waals surface area contributed by atoms with Crippen LogP contribution in [0, 0.1) is 5.41 Å². The molecule has 4 heteroatoms. The van der Waals surface area contributed by atoms with Crippen LogP contribution < -0.4 is 10.6 Å². The van der Waals surface area contributed by atoms with Gasteiger partial charge in [0.05, 0.1) is 0 Å². The number of amides is 1. The van der Waals surface area contributed by atoms with E-state index in [-0.39, 0.29) is 11.3 Å². The summed E-state index contributed by atoms with van der Waals surface area (Å²) >= 11 is 0. The van der Waals surface area contributed by atoms with Crippen LogP contribution in [0.15, 0.2) is 24.5 Å². The third-order valence-corrected chi connectivity index (χ3v) is 4.59. The van der Waals surface area contributed by atoms with E-state index < -0.39 is 0 Å². The fourth-order valence-electron chi connectivity index (χ4n) is 3.13. The summed E-state index contributed by atoms with van der Waals surface area (Å²) in [6, 6.07) is 4.01. The Morgan fingerprint density at radius 2 is 2.14 bits per heavy atom. The van der Waals surface area contributed by atoms with Gasteiger partial charge in [0.25, 0.3) is 0 Å². The van der Waals surface area contributed by atoms with Crippen molar-refractivity contribution in [1.82, 2.24) is 15.6 Å². The van der Waals surface area contributed by atoms with E-state index in [4.69, 9.17) is 0 Å². The van der Waals surface area contributed by atoms with Gasteiger partial charge in [0.2, 0.25) is 5.91 Å². The van der Waals surface area contributed by atoms with Gasteiger partial charge in [0, 0.05) is 30.9 Å². The van der Waals surface area contributed by atoms with Crippen LogP contribution >= 0.6 is 0 Å². The molecule has 1 fully saturated rings.